The molecule has 3 aromatic carbocycles. The molecule has 0 atom stereocenters. The van der Waals surface area contributed by atoms with Gasteiger partial charge in [0.2, 0.25) is 0 Å². The normalized spacial score (nSPS) is 13.3. The van der Waals surface area contributed by atoms with Crippen molar-refractivity contribution in [1.29, 1.82) is 5.41 Å². The summed E-state index contributed by atoms with van der Waals surface area (Å²) in [4.78, 5) is 30.8. The maximum atomic E-state index is 12.9. The minimum atomic E-state index is -0.243. The highest BCUT2D eigenvalue weighted by Gasteiger charge is 2.31. The number of imide groups is 1. The number of nitrogens with zero attached hydrogens (tertiary/aromatic N) is 2. The van der Waals surface area contributed by atoms with Crippen LogP contribution in [-0.4, -0.2) is 42.0 Å². The average Bonchev–Trinajstić information content (AvgIpc) is 2.77. The molecular weight excluding hydrogens is 378 g/mol. The third-order valence-corrected chi connectivity index (χ3v) is 5.11. The van der Waals surface area contributed by atoms with E-state index in [0.717, 1.165) is 22.8 Å². The first-order valence-corrected chi connectivity index (χ1v) is 9.65. The Bertz CT molecular complexity index is 1120. The van der Waals surface area contributed by atoms with Gasteiger partial charge in [-0.05, 0) is 48.2 Å². The molecule has 4 N–H and O–H groups in total. The van der Waals surface area contributed by atoms with Gasteiger partial charge in [-0.15, -0.1) is 0 Å². The Morgan fingerprint density at radius 3 is 2.23 bits per heavy atom. The van der Waals surface area contributed by atoms with Crippen molar-refractivity contribution in [3.63, 3.8) is 0 Å². The van der Waals surface area contributed by atoms with E-state index in [-0.39, 0.29) is 17.6 Å². The highest BCUT2D eigenvalue weighted by molar-refractivity contribution is 6.25. The van der Waals surface area contributed by atoms with Gasteiger partial charge in [0, 0.05) is 40.9 Å². The number of hydrogen-bond donors (Lipinski definition) is 3. The van der Waals surface area contributed by atoms with Crippen molar-refractivity contribution in [2.24, 2.45) is 10.7 Å². The monoisotopic (exact) mass is 399 g/mol. The summed E-state index contributed by atoms with van der Waals surface area (Å²) in [7, 11) is 0. The Morgan fingerprint density at radius 1 is 1.00 bits per heavy atom. The number of carbonyl (C=O) groups is 2. The molecule has 0 unspecified atom stereocenters. The quantitative estimate of drug-likeness (QED) is 0.256. The number of carbonyl (C=O) groups excluding carboxylic acids is 2. The van der Waals surface area contributed by atoms with Gasteiger partial charge in [0.05, 0.1) is 6.34 Å². The zero-order chi connectivity index (χ0) is 21.1. The molecule has 0 radical (unpaired) electrons. The molecule has 1 aliphatic rings. The molecule has 30 heavy (non-hydrogen) atoms. The Labute approximate surface area is 173 Å². The number of nitrogens with two attached hydrogens (primary N) is 1. The molecule has 0 aliphatic carbocycles. The van der Waals surface area contributed by atoms with Crippen LogP contribution in [0.3, 0.4) is 0 Å². The lowest BCUT2D eigenvalue weighted by Crippen LogP contribution is -2.41. The molecular formula is C23H21N5O2. The number of benzene rings is 3. The molecule has 150 valence electrons. The lowest BCUT2D eigenvalue weighted by molar-refractivity contribution is 0.0610. The van der Waals surface area contributed by atoms with Crippen molar-refractivity contribution in [2.75, 3.05) is 18.4 Å². The SMILES string of the molecule is N=C(N=CN)c1ccc(NCCCN2C(=O)c3cccc4cccc(c34)C2=O)cc1. The van der Waals surface area contributed by atoms with Crippen LogP contribution in [0.5, 0.6) is 0 Å². The summed E-state index contributed by atoms with van der Waals surface area (Å²) in [6.45, 7) is 0.935. The molecule has 3 aromatic rings. The van der Waals surface area contributed by atoms with Crippen molar-refractivity contribution in [3.05, 3.63) is 77.4 Å². The summed E-state index contributed by atoms with van der Waals surface area (Å²) in [6, 6.07) is 18.3. The fourth-order valence-electron chi connectivity index (χ4n) is 3.65. The maximum Gasteiger partial charge on any atom is 0.261 e. The Hall–Kier alpha value is -4.00. The summed E-state index contributed by atoms with van der Waals surface area (Å²) in [6.07, 6.45) is 1.71. The fraction of sp³-hybridized carbons (Fsp3) is 0.130. The van der Waals surface area contributed by atoms with E-state index in [1.165, 1.54) is 4.90 Å². The van der Waals surface area contributed by atoms with Gasteiger partial charge >= 0.3 is 0 Å². The van der Waals surface area contributed by atoms with Gasteiger partial charge in [-0.2, -0.15) is 0 Å². The van der Waals surface area contributed by atoms with Crippen LogP contribution in [0.4, 0.5) is 5.69 Å². The molecule has 0 spiro atoms. The molecule has 1 heterocycles. The van der Waals surface area contributed by atoms with Crippen LogP contribution in [0.15, 0.2) is 65.7 Å². The highest BCUT2D eigenvalue weighted by atomic mass is 16.2. The van der Waals surface area contributed by atoms with Gasteiger partial charge in [0.25, 0.3) is 11.8 Å². The molecule has 0 saturated heterocycles. The Morgan fingerprint density at radius 2 is 1.63 bits per heavy atom. The largest absolute Gasteiger partial charge is 0.390 e. The first kappa shape index (κ1) is 19.3. The molecule has 0 fully saturated rings. The van der Waals surface area contributed by atoms with Gasteiger partial charge in [0.15, 0.2) is 5.84 Å². The fourth-order valence-corrected chi connectivity index (χ4v) is 3.65. The van der Waals surface area contributed by atoms with E-state index in [1.54, 1.807) is 24.3 Å². The highest BCUT2D eigenvalue weighted by Crippen LogP contribution is 2.29. The summed E-state index contributed by atoms with van der Waals surface area (Å²) < 4.78 is 0. The van der Waals surface area contributed by atoms with E-state index < -0.39 is 0 Å². The van der Waals surface area contributed by atoms with Crippen LogP contribution in [0.25, 0.3) is 10.8 Å². The first-order chi connectivity index (χ1) is 14.6. The zero-order valence-electron chi connectivity index (χ0n) is 16.3. The number of amides is 2. The Balaban J connectivity index is 1.38. The number of amidine groups is 1. The van der Waals surface area contributed by atoms with E-state index >= 15 is 0 Å². The topological polar surface area (TPSA) is 112 Å². The van der Waals surface area contributed by atoms with E-state index in [2.05, 4.69) is 10.3 Å². The summed E-state index contributed by atoms with van der Waals surface area (Å²) in [5.41, 5.74) is 7.92. The van der Waals surface area contributed by atoms with E-state index in [1.807, 2.05) is 36.4 Å². The molecule has 1 aliphatic heterocycles. The number of aliphatic imine (C=N–C) groups is 1. The molecule has 7 heteroatoms. The second kappa shape index (κ2) is 8.16. The van der Waals surface area contributed by atoms with Crippen LogP contribution >= 0.6 is 0 Å². The minimum Gasteiger partial charge on any atom is -0.390 e. The predicted molar refractivity (Wildman–Crippen MR) is 118 cm³/mol. The van der Waals surface area contributed by atoms with E-state index in [4.69, 9.17) is 11.1 Å². The Kier molecular flexibility index (Phi) is 5.26. The van der Waals surface area contributed by atoms with Gasteiger partial charge in [-0.3, -0.25) is 19.9 Å². The van der Waals surface area contributed by atoms with Crippen molar-refractivity contribution in [3.8, 4) is 0 Å². The van der Waals surface area contributed by atoms with Crippen LogP contribution in [-0.2, 0) is 0 Å². The summed E-state index contributed by atoms with van der Waals surface area (Å²) in [5, 5.41) is 12.7. The van der Waals surface area contributed by atoms with Crippen LogP contribution in [0.2, 0.25) is 0 Å². The van der Waals surface area contributed by atoms with Crippen molar-refractivity contribution < 1.29 is 9.59 Å². The lowest BCUT2D eigenvalue weighted by Gasteiger charge is -2.27. The third-order valence-electron chi connectivity index (χ3n) is 5.11. The average molecular weight is 399 g/mol. The predicted octanol–water partition coefficient (Wildman–Crippen LogP) is 3.25. The van der Waals surface area contributed by atoms with Crippen LogP contribution in [0.1, 0.15) is 32.7 Å². The number of hydrogen-bond acceptors (Lipinski definition) is 4. The number of nitrogens with one attached hydrogen (secondary N) is 2. The third kappa shape index (κ3) is 3.53. The second-order valence-electron chi connectivity index (χ2n) is 6.96. The molecule has 0 saturated carbocycles. The van der Waals surface area contributed by atoms with Gasteiger partial charge in [0.1, 0.15) is 0 Å². The minimum absolute atomic E-state index is 0.0986. The molecule has 4 rings (SSSR count). The molecule has 7 nitrogen and oxygen atoms in total. The molecule has 0 bridgehead atoms. The second-order valence-corrected chi connectivity index (χ2v) is 6.96. The standard InChI is InChI=1S/C23H21N5O2/c24-14-27-21(25)16-8-10-17(11-9-16)26-12-3-13-28-22(29)18-6-1-4-15-5-2-7-19(20(15)18)23(28)30/h1-2,4-11,14,26H,3,12-13H2,(H3,24,25,27). The maximum absolute atomic E-state index is 12.9. The molecule has 0 aromatic heterocycles. The zero-order valence-corrected chi connectivity index (χ0v) is 16.3. The molecule has 2 amide bonds. The number of rotatable bonds is 6. The van der Waals surface area contributed by atoms with Crippen molar-refractivity contribution in [1.82, 2.24) is 4.90 Å². The number of anilines is 1. The first-order valence-electron chi connectivity index (χ1n) is 9.65. The van der Waals surface area contributed by atoms with Gasteiger partial charge in [-0.1, -0.05) is 24.3 Å². The lowest BCUT2D eigenvalue weighted by atomic mass is 9.94. The van der Waals surface area contributed by atoms with Crippen molar-refractivity contribution in [2.45, 2.75) is 6.42 Å². The van der Waals surface area contributed by atoms with Gasteiger partial charge < -0.3 is 11.1 Å². The summed E-state index contributed by atoms with van der Waals surface area (Å²) >= 11 is 0. The summed E-state index contributed by atoms with van der Waals surface area (Å²) in [5.74, 6) is -0.387. The smallest absolute Gasteiger partial charge is 0.261 e. The van der Waals surface area contributed by atoms with E-state index in [9.17, 15) is 9.59 Å². The van der Waals surface area contributed by atoms with Gasteiger partial charge in [-0.25, -0.2) is 4.99 Å². The van der Waals surface area contributed by atoms with Crippen LogP contribution < -0.4 is 11.1 Å². The van der Waals surface area contributed by atoms with Crippen molar-refractivity contribution >= 4 is 40.4 Å². The van der Waals surface area contributed by atoms with E-state index in [0.29, 0.717) is 36.2 Å². The van der Waals surface area contributed by atoms with Crippen LogP contribution in [0, 0.1) is 5.41 Å².